The Morgan fingerprint density at radius 1 is 1.30 bits per heavy atom. The lowest BCUT2D eigenvalue weighted by atomic mass is 10.1. The number of para-hydroxylation sites is 2. The summed E-state index contributed by atoms with van der Waals surface area (Å²) >= 11 is 0. The third-order valence-electron chi connectivity index (χ3n) is 3.42. The molecule has 1 amide bonds. The van der Waals surface area contributed by atoms with Crippen LogP contribution in [0, 0.1) is 5.92 Å². The molecule has 1 atom stereocenters. The quantitative estimate of drug-likeness (QED) is 0.908. The average Bonchev–Trinajstić information content (AvgIpc) is 2.74. The standard InChI is InChI=1S/C16H23N3O/c1-11(2)9-10-19-15-8-6-5-7-14(15)18-16(19)12(3)17-13(4)20/h5-8,11-12H,9-10H2,1-4H3,(H,17,20). The Bertz CT molecular complexity index is 601. The Balaban J connectivity index is 2.40. The fourth-order valence-corrected chi connectivity index (χ4v) is 2.42. The summed E-state index contributed by atoms with van der Waals surface area (Å²) in [7, 11) is 0. The Morgan fingerprint density at radius 2 is 2.00 bits per heavy atom. The van der Waals surface area contributed by atoms with Crippen LogP contribution in [0.4, 0.5) is 0 Å². The zero-order valence-electron chi connectivity index (χ0n) is 12.7. The van der Waals surface area contributed by atoms with E-state index in [0.29, 0.717) is 5.92 Å². The van der Waals surface area contributed by atoms with Crippen LogP contribution < -0.4 is 5.32 Å². The van der Waals surface area contributed by atoms with Crippen LogP contribution in [0.25, 0.3) is 11.0 Å². The lowest BCUT2D eigenvalue weighted by Crippen LogP contribution is -2.26. The molecule has 0 radical (unpaired) electrons. The molecule has 0 aliphatic heterocycles. The minimum absolute atomic E-state index is 0.0278. The number of aryl methyl sites for hydroxylation is 1. The van der Waals surface area contributed by atoms with E-state index in [0.717, 1.165) is 29.8 Å². The predicted octanol–water partition coefficient (Wildman–Crippen LogP) is 3.28. The molecule has 0 spiro atoms. The van der Waals surface area contributed by atoms with Crippen molar-refractivity contribution in [2.75, 3.05) is 0 Å². The molecule has 2 aromatic rings. The molecule has 1 aromatic heterocycles. The van der Waals surface area contributed by atoms with Gasteiger partial charge in [0.1, 0.15) is 5.82 Å². The summed E-state index contributed by atoms with van der Waals surface area (Å²) < 4.78 is 2.23. The molecule has 1 N–H and O–H groups in total. The number of imidazole rings is 1. The number of carbonyl (C=O) groups excluding carboxylic acids is 1. The van der Waals surface area contributed by atoms with Gasteiger partial charge in [-0.3, -0.25) is 4.79 Å². The van der Waals surface area contributed by atoms with E-state index in [1.807, 2.05) is 25.1 Å². The first-order chi connectivity index (χ1) is 9.49. The van der Waals surface area contributed by atoms with E-state index in [9.17, 15) is 4.79 Å². The molecule has 1 heterocycles. The summed E-state index contributed by atoms with van der Waals surface area (Å²) in [5.41, 5.74) is 2.13. The Morgan fingerprint density at radius 3 is 2.65 bits per heavy atom. The van der Waals surface area contributed by atoms with E-state index in [1.165, 1.54) is 6.92 Å². The highest BCUT2D eigenvalue weighted by Gasteiger charge is 2.17. The number of fused-ring (bicyclic) bond motifs is 1. The van der Waals surface area contributed by atoms with E-state index in [4.69, 9.17) is 4.98 Å². The van der Waals surface area contributed by atoms with E-state index < -0.39 is 0 Å². The van der Waals surface area contributed by atoms with Crippen LogP contribution in [-0.2, 0) is 11.3 Å². The largest absolute Gasteiger partial charge is 0.347 e. The molecular weight excluding hydrogens is 250 g/mol. The maximum absolute atomic E-state index is 11.3. The molecule has 108 valence electrons. The van der Waals surface area contributed by atoms with Crippen molar-refractivity contribution in [3.05, 3.63) is 30.1 Å². The highest BCUT2D eigenvalue weighted by atomic mass is 16.1. The Kier molecular flexibility index (Phi) is 4.42. The van der Waals surface area contributed by atoms with Crippen LogP contribution in [-0.4, -0.2) is 15.5 Å². The number of amides is 1. The van der Waals surface area contributed by atoms with Crippen molar-refractivity contribution in [1.29, 1.82) is 0 Å². The van der Waals surface area contributed by atoms with Crippen molar-refractivity contribution in [3.8, 4) is 0 Å². The number of carbonyl (C=O) groups is 1. The molecule has 20 heavy (non-hydrogen) atoms. The monoisotopic (exact) mass is 273 g/mol. The summed E-state index contributed by atoms with van der Waals surface area (Å²) in [6.07, 6.45) is 1.10. The third-order valence-corrected chi connectivity index (χ3v) is 3.42. The molecule has 0 bridgehead atoms. The molecular formula is C16H23N3O. The molecule has 4 heteroatoms. The number of nitrogens with one attached hydrogen (secondary N) is 1. The first kappa shape index (κ1) is 14.6. The van der Waals surface area contributed by atoms with Gasteiger partial charge < -0.3 is 9.88 Å². The normalized spacial score (nSPS) is 12.8. The van der Waals surface area contributed by atoms with Gasteiger partial charge >= 0.3 is 0 Å². The highest BCUT2D eigenvalue weighted by Crippen LogP contribution is 2.22. The maximum Gasteiger partial charge on any atom is 0.217 e. The predicted molar refractivity (Wildman–Crippen MR) is 81.4 cm³/mol. The molecule has 1 unspecified atom stereocenters. The van der Waals surface area contributed by atoms with Gasteiger partial charge in [-0.1, -0.05) is 26.0 Å². The SMILES string of the molecule is CC(=O)NC(C)c1nc2ccccc2n1CCC(C)C. The molecule has 0 saturated heterocycles. The van der Waals surface area contributed by atoms with Gasteiger partial charge in [0.2, 0.25) is 5.91 Å². The zero-order chi connectivity index (χ0) is 14.7. The van der Waals surface area contributed by atoms with Gasteiger partial charge in [-0.2, -0.15) is 0 Å². The van der Waals surface area contributed by atoms with Crippen molar-refractivity contribution < 1.29 is 4.79 Å². The number of hydrogen-bond acceptors (Lipinski definition) is 2. The van der Waals surface area contributed by atoms with Crippen LogP contribution in [0.3, 0.4) is 0 Å². The summed E-state index contributed by atoms with van der Waals surface area (Å²) in [6, 6.07) is 8.06. The van der Waals surface area contributed by atoms with Crippen LogP contribution in [0.1, 0.15) is 46.0 Å². The highest BCUT2D eigenvalue weighted by molar-refractivity contribution is 5.77. The summed E-state index contributed by atoms with van der Waals surface area (Å²) in [6.45, 7) is 8.88. The van der Waals surface area contributed by atoms with E-state index >= 15 is 0 Å². The fraction of sp³-hybridized carbons (Fsp3) is 0.500. The first-order valence-electron chi connectivity index (χ1n) is 7.21. The molecule has 0 aliphatic carbocycles. The fourth-order valence-electron chi connectivity index (χ4n) is 2.42. The minimum atomic E-state index is -0.0768. The smallest absolute Gasteiger partial charge is 0.217 e. The second-order valence-electron chi connectivity index (χ2n) is 5.72. The molecule has 2 rings (SSSR count). The summed E-state index contributed by atoms with van der Waals surface area (Å²) in [5.74, 6) is 1.54. The number of nitrogens with zero attached hydrogens (tertiary/aromatic N) is 2. The van der Waals surface area contributed by atoms with Crippen LogP contribution in [0.5, 0.6) is 0 Å². The average molecular weight is 273 g/mol. The molecule has 0 saturated carbocycles. The summed E-state index contributed by atoms with van der Waals surface area (Å²) in [4.78, 5) is 16.0. The first-order valence-corrected chi connectivity index (χ1v) is 7.21. The van der Waals surface area contributed by atoms with Gasteiger partial charge in [0.15, 0.2) is 0 Å². The Labute approximate surface area is 120 Å². The van der Waals surface area contributed by atoms with Crippen LogP contribution in [0.2, 0.25) is 0 Å². The second kappa shape index (κ2) is 6.07. The van der Waals surface area contributed by atoms with Gasteiger partial charge in [0.25, 0.3) is 0 Å². The van der Waals surface area contributed by atoms with Crippen LogP contribution in [0.15, 0.2) is 24.3 Å². The molecule has 4 nitrogen and oxygen atoms in total. The van der Waals surface area contributed by atoms with Crippen molar-refractivity contribution >= 4 is 16.9 Å². The molecule has 0 fully saturated rings. The zero-order valence-corrected chi connectivity index (χ0v) is 12.7. The van der Waals surface area contributed by atoms with Crippen molar-refractivity contribution in [3.63, 3.8) is 0 Å². The topological polar surface area (TPSA) is 46.9 Å². The van der Waals surface area contributed by atoms with Gasteiger partial charge in [-0.15, -0.1) is 0 Å². The van der Waals surface area contributed by atoms with Crippen LogP contribution >= 0.6 is 0 Å². The van der Waals surface area contributed by atoms with Gasteiger partial charge in [0.05, 0.1) is 17.1 Å². The number of benzene rings is 1. The van der Waals surface area contributed by atoms with E-state index in [1.54, 1.807) is 0 Å². The summed E-state index contributed by atoms with van der Waals surface area (Å²) in [5, 5.41) is 2.93. The van der Waals surface area contributed by atoms with Gasteiger partial charge in [-0.05, 0) is 31.4 Å². The number of hydrogen-bond donors (Lipinski definition) is 1. The lowest BCUT2D eigenvalue weighted by Gasteiger charge is -2.16. The number of aromatic nitrogens is 2. The van der Waals surface area contributed by atoms with Crippen molar-refractivity contribution in [2.24, 2.45) is 5.92 Å². The third kappa shape index (κ3) is 3.18. The molecule has 1 aromatic carbocycles. The number of rotatable bonds is 5. The second-order valence-corrected chi connectivity index (χ2v) is 5.72. The van der Waals surface area contributed by atoms with Crippen molar-refractivity contribution in [1.82, 2.24) is 14.9 Å². The van der Waals surface area contributed by atoms with Crippen molar-refractivity contribution in [2.45, 2.75) is 46.7 Å². The lowest BCUT2D eigenvalue weighted by molar-refractivity contribution is -0.119. The van der Waals surface area contributed by atoms with Gasteiger partial charge in [-0.25, -0.2) is 4.98 Å². The van der Waals surface area contributed by atoms with Gasteiger partial charge in [0, 0.05) is 13.5 Å². The molecule has 0 aliphatic rings. The minimum Gasteiger partial charge on any atom is -0.347 e. The Hall–Kier alpha value is -1.84. The van der Waals surface area contributed by atoms with E-state index in [-0.39, 0.29) is 11.9 Å². The maximum atomic E-state index is 11.3. The van der Waals surface area contributed by atoms with E-state index in [2.05, 4.69) is 29.8 Å².